The third-order valence-corrected chi connectivity index (χ3v) is 5.03. The molecule has 0 saturated heterocycles. The van der Waals surface area contributed by atoms with Crippen LogP contribution in [0.1, 0.15) is 64.4 Å². The van der Waals surface area contributed by atoms with Crippen molar-refractivity contribution in [2.45, 2.75) is 64.8 Å². The van der Waals surface area contributed by atoms with Gasteiger partial charge in [-0.1, -0.05) is 63.9 Å². The summed E-state index contributed by atoms with van der Waals surface area (Å²) in [4.78, 5) is 0. The highest BCUT2D eigenvalue weighted by atomic mass is 14.9. The maximum absolute atomic E-state index is 3.82. The molecule has 1 aromatic carbocycles. The molecule has 0 spiro atoms. The maximum atomic E-state index is 3.82. The Morgan fingerprint density at radius 3 is 2.50 bits per heavy atom. The summed E-state index contributed by atoms with van der Waals surface area (Å²) < 4.78 is 0. The lowest BCUT2D eigenvalue weighted by molar-refractivity contribution is 0.201. The average molecular weight is 273 g/mol. The first-order chi connectivity index (χ1) is 9.76. The van der Waals surface area contributed by atoms with E-state index in [-0.39, 0.29) is 0 Å². The number of hydrogen-bond acceptors (Lipinski definition) is 1. The molecule has 0 amide bonds. The SMILES string of the molecule is CCNC(C1CCCC(C)C1)C(CC)c1ccccc1. The normalized spacial score (nSPS) is 26.1. The van der Waals surface area contributed by atoms with E-state index >= 15 is 0 Å². The zero-order chi connectivity index (χ0) is 14.4. The van der Waals surface area contributed by atoms with E-state index < -0.39 is 0 Å². The molecule has 1 aromatic rings. The van der Waals surface area contributed by atoms with Gasteiger partial charge in [-0.25, -0.2) is 0 Å². The second-order valence-corrected chi connectivity index (χ2v) is 6.54. The quantitative estimate of drug-likeness (QED) is 0.770. The van der Waals surface area contributed by atoms with Crippen LogP contribution in [-0.2, 0) is 0 Å². The molecule has 4 unspecified atom stereocenters. The summed E-state index contributed by atoms with van der Waals surface area (Å²) in [5.74, 6) is 2.42. The molecule has 20 heavy (non-hydrogen) atoms. The smallest absolute Gasteiger partial charge is 0.0164 e. The Bertz CT molecular complexity index is 373. The summed E-state index contributed by atoms with van der Waals surface area (Å²) >= 11 is 0. The number of likely N-dealkylation sites (N-methyl/N-ethyl adjacent to an activating group) is 1. The Morgan fingerprint density at radius 1 is 1.15 bits per heavy atom. The van der Waals surface area contributed by atoms with E-state index in [9.17, 15) is 0 Å². The molecular weight excluding hydrogens is 242 g/mol. The fourth-order valence-electron chi connectivity index (χ4n) is 4.08. The molecule has 1 heteroatoms. The summed E-state index contributed by atoms with van der Waals surface area (Å²) in [6, 6.07) is 11.8. The Hall–Kier alpha value is -0.820. The van der Waals surface area contributed by atoms with E-state index in [4.69, 9.17) is 0 Å². The molecule has 0 aromatic heterocycles. The van der Waals surface area contributed by atoms with Crippen LogP contribution in [0.15, 0.2) is 30.3 Å². The van der Waals surface area contributed by atoms with Crippen LogP contribution in [-0.4, -0.2) is 12.6 Å². The van der Waals surface area contributed by atoms with Crippen molar-refractivity contribution in [1.29, 1.82) is 0 Å². The van der Waals surface area contributed by atoms with Gasteiger partial charge in [-0.05, 0) is 49.1 Å². The second kappa shape index (κ2) is 7.83. The topological polar surface area (TPSA) is 12.0 Å². The van der Waals surface area contributed by atoms with Gasteiger partial charge >= 0.3 is 0 Å². The lowest BCUT2D eigenvalue weighted by atomic mass is 9.72. The Balaban J connectivity index is 2.16. The van der Waals surface area contributed by atoms with Crippen LogP contribution >= 0.6 is 0 Å². The van der Waals surface area contributed by atoms with Gasteiger partial charge in [0.25, 0.3) is 0 Å². The van der Waals surface area contributed by atoms with Crippen LogP contribution < -0.4 is 5.32 Å². The number of hydrogen-bond donors (Lipinski definition) is 1. The Labute approximate surface area is 125 Å². The monoisotopic (exact) mass is 273 g/mol. The molecule has 1 fully saturated rings. The molecule has 0 heterocycles. The van der Waals surface area contributed by atoms with Crippen LogP contribution in [0, 0.1) is 11.8 Å². The van der Waals surface area contributed by atoms with Crippen LogP contribution in [0.2, 0.25) is 0 Å². The van der Waals surface area contributed by atoms with Gasteiger partial charge in [0.15, 0.2) is 0 Å². The van der Waals surface area contributed by atoms with E-state index in [1.807, 2.05) is 0 Å². The van der Waals surface area contributed by atoms with Gasteiger partial charge in [-0.15, -0.1) is 0 Å². The first kappa shape index (κ1) is 15.6. The molecule has 0 radical (unpaired) electrons. The molecule has 0 aliphatic heterocycles. The van der Waals surface area contributed by atoms with Gasteiger partial charge in [-0.2, -0.15) is 0 Å². The van der Waals surface area contributed by atoms with Gasteiger partial charge in [-0.3, -0.25) is 0 Å². The Morgan fingerprint density at radius 2 is 1.90 bits per heavy atom. The zero-order valence-electron chi connectivity index (χ0n) is 13.4. The van der Waals surface area contributed by atoms with Crippen LogP contribution in [0.3, 0.4) is 0 Å². The molecule has 1 aliphatic carbocycles. The van der Waals surface area contributed by atoms with Gasteiger partial charge in [0, 0.05) is 6.04 Å². The lowest BCUT2D eigenvalue weighted by Crippen LogP contribution is -2.42. The number of rotatable bonds is 6. The summed E-state index contributed by atoms with van der Waals surface area (Å²) in [6.45, 7) is 8.10. The van der Waals surface area contributed by atoms with Gasteiger partial charge in [0.05, 0.1) is 0 Å². The number of benzene rings is 1. The molecule has 1 saturated carbocycles. The predicted octanol–water partition coefficient (Wildman–Crippen LogP) is 4.98. The van der Waals surface area contributed by atoms with Crippen molar-refractivity contribution >= 4 is 0 Å². The fraction of sp³-hybridized carbons (Fsp3) is 0.684. The fourth-order valence-corrected chi connectivity index (χ4v) is 4.08. The van der Waals surface area contributed by atoms with Crippen molar-refractivity contribution in [2.24, 2.45) is 11.8 Å². The van der Waals surface area contributed by atoms with Gasteiger partial charge in [0.2, 0.25) is 0 Å². The van der Waals surface area contributed by atoms with Gasteiger partial charge in [0.1, 0.15) is 0 Å². The largest absolute Gasteiger partial charge is 0.313 e. The van der Waals surface area contributed by atoms with Gasteiger partial charge < -0.3 is 5.32 Å². The molecule has 1 N–H and O–H groups in total. The molecular formula is C19H31N. The summed E-state index contributed by atoms with van der Waals surface area (Å²) in [5, 5.41) is 3.82. The van der Waals surface area contributed by atoms with Crippen molar-refractivity contribution in [3.8, 4) is 0 Å². The van der Waals surface area contributed by atoms with Crippen molar-refractivity contribution in [2.75, 3.05) is 6.54 Å². The summed E-state index contributed by atoms with van der Waals surface area (Å²) in [7, 11) is 0. The third-order valence-electron chi connectivity index (χ3n) is 5.03. The molecule has 1 aliphatic rings. The zero-order valence-corrected chi connectivity index (χ0v) is 13.4. The summed E-state index contributed by atoms with van der Waals surface area (Å²) in [6.07, 6.45) is 6.88. The lowest BCUT2D eigenvalue weighted by Gasteiger charge is -2.38. The van der Waals surface area contributed by atoms with E-state index in [0.717, 1.165) is 18.4 Å². The molecule has 1 nitrogen and oxygen atoms in total. The van der Waals surface area contributed by atoms with Crippen LogP contribution in [0.4, 0.5) is 0 Å². The van der Waals surface area contributed by atoms with E-state index in [1.54, 1.807) is 0 Å². The maximum Gasteiger partial charge on any atom is 0.0164 e. The Kier molecular flexibility index (Phi) is 6.09. The van der Waals surface area contributed by atoms with E-state index in [0.29, 0.717) is 12.0 Å². The van der Waals surface area contributed by atoms with Crippen molar-refractivity contribution in [3.63, 3.8) is 0 Å². The molecule has 0 bridgehead atoms. The highest BCUT2D eigenvalue weighted by molar-refractivity contribution is 5.21. The molecule has 2 rings (SSSR count). The van der Waals surface area contributed by atoms with Crippen LogP contribution in [0.25, 0.3) is 0 Å². The minimum Gasteiger partial charge on any atom is -0.313 e. The first-order valence-corrected chi connectivity index (χ1v) is 8.54. The van der Waals surface area contributed by atoms with Crippen LogP contribution in [0.5, 0.6) is 0 Å². The highest BCUT2D eigenvalue weighted by Gasteiger charge is 2.31. The minimum atomic E-state index is 0.648. The minimum absolute atomic E-state index is 0.648. The second-order valence-electron chi connectivity index (χ2n) is 6.54. The standard InChI is InChI=1S/C19H31N/c1-4-18(16-11-7-6-8-12-16)19(20-5-2)17-13-9-10-15(3)14-17/h6-8,11-12,15,17-20H,4-5,9-10,13-14H2,1-3H3. The van der Waals surface area contributed by atoms with Crippen molar-refractivity contribution in [1.82, 2.24) is 5.32 Å². The summed E-state index contributed by atoms with van der Waals surface area (Å²) in [5.41, 5.74) is 1.51. The van der Waals surface area contributed by atoms with Crippen molar-refractivity contribution in [3.05, 3.63) is 35.9 Å². The predicted molar refractivity (Wildman–Crippen MR) is 88.1 cm³/mol. The number of nitrogens with one attached hydrogen (secondary N) is 1. The highest BCUT2D eigenvalue weighted by Crippen LogP contribution is 2.37. The van der Waals surface area contributed by atoms with E-state index in [1.165, 1.54) is 37.7 Å². The van der Waals surface area contributed by atoms with E-state index in [2.05, 4.69) is 56.4 Å². The molecule has 4 atom stereocenters. The average Bonchev–Trinajstić information content (AvgIpc) is 2.48. The third kappa shape index (κ3) is 3.85. The first-order valence-electron chi connectivity index (χ1n) is 8.54. The molecule has 112 valence electrons. The van der Waals surface area contributed by atoms with Crippen molar-refractivity contribution < 1.29 is 0 Å².